The molecule has 6 heteroatoms. The molecule has 88 valence electrons. The molecule has 0 spiro atoms. The number of benzene rings is 1. The van der Waals surface area contributed by atoms with Gasteiger partial charge in [0.15, 0.2) is 5.13 Å². The standard InChI is InChI=1S/C11H10N2O2S2/c14-8-2-1-3-9(6-8)17-7-10(15)13-11-12-4-5-16-11/h1-6,14H,7H2,(H,12,13,15). The van der Waals surface area contributed by atoms with E-state index < -0.39 is 0 Å². The Kier molecular flexibility index (Phi) is 4.00. The highest BCUT2D eigenvalue weighted by molar-refractivity contribution is 8.00. The largest absolute Gasteiger partial charge is 0.508 e. The number of phenolic OH excluding ortho intramolecular Hbond substituents is 1. The van der Waals surface area contributed by atoms with E-state index in [0.717, 1.165) is 4.90 Å². The SMILES string of the molecule is O=C(CSc1cccc(O)c1)Nc1nccs1. The van der Waals surface area contributed by atoms with E-state index in [1.54, 1.807) is 29.8 Å². The van der Waals surface area contributed by atoms with E-state index in [4.69, 9.17) is 0 Å². The van der Waals surface area contributed by atoms with E-state index >= 15 is 0 Å². The number of amides is 1. The lowest BCUT2D eigenvalue weighted by Gasteiger charge is -2.02. The molecule has 2 aromatic rings. The summed E-state index contributed by atoms with van der Waals surface area (Å²) in [6.45, 7) is 0. The fourth-order valence-corrected chi connectivity index (χ4v) is 2.46. The molecule has 0 aliphatic heterocycles. The highest BCUT2D eigenvalue weighted by Crippen LogP contribution is 2.22. The molecule has 0 radical (unpaired) electrons. The molecule has 0 fully saturated rings. The highest BCUT2D eigenvalue weighted by Gasteiger charge is 2.05. The zero-order valence-electron chi connectivity index (χ0n) is 8.79. The normalized spacial score (nSPS) is 10.1. The van der Waals surface area contributed by atoms with Gasteiger partial charge in [0.05, 0.1) is 5.75 Å². The van der Waals surface area contributed by atoms with Crippen molar-refractivity contribution >= 4 is 34.1 Å². The third-order valence-electron chi connectivity index (χ3n) is 1.87. The van der Waals surface area contributed by atoms with Gasteiger partial charge in [0.25, 0.3) is 0 Å². The van der Waals surface area contributed by atoms with E-state index in [1.807, 2.05) is 6.07 Å². The highest BCUT2D eigenvalue weighted by atomic mass is 32.2. The molecule has 0 bridgehead atoms. The van der Waals surface area contributed by atoms with Gasteiger partial charge in [-0.15, -0.1) is 23.1 Å². The van der Waals surface area contributed by atoms with Crippen LogP contribution in [-0.4, -0.2) is 21.8 Å². The summed E-state index contributed by atoms with van der Waals surface area (Å²) in [7, 11) is 0. The van der Waals surface area contributed by atoms with Gasteiger partial charge in [-0.3, -0.25) is 4.79 Å². The van der Waals surface area contributed by atoms with Crippen LogP contribution in [0.25, 0.3) is 0 Å². The number of thiazole rings is 1. The van der Waals surface area contributed by atoms with Gasteiger partial charge in [0.1, 0.15) is 5.75 Å². The van der Waals surface area contributed by atoms with Gasteiger partial charge in [-0.25, -0.2) is 4.98 Å². The van der Waals surface area contributed by atoms with Gasteiger partial charge in [-0.1, -0.05) is 6.07 Å². The smallest absolute Gasteiger partial charge is 0.236 e. The lowest BCUT2D eigenvalue weighted by molar-refractivity contribution is -0.113. The Hall–Kier alpha value is -1.53. The number of aromatic hydroxyl groups is 1. The maximum atomic E-state index is 11.5. The quantitative estimate of drug-likeness (QED) is 0.835. The molecule has 0 saturated heterocycles. The second-order valence-electron chi connectivity index (χ2n) is 3.17. The Morgan fingerprint density at radius 3 is 3.12 bits per heavy atom. The minimum absolute atomic E-state index is 0.103. The number of hydrogen-bond donors (Lipinski definition) is 2. The second-order valence-corrected chi connectivity index (χ2v) is 5.11. The van der Waals surface area contributed by atoms with Crippen LogP contribution >= 0.6 is 23.1 Å². The summed E-state index contributed by atoms with van der Waals surface area (Å²) in [5.41, 5.74) is 0. The van der Waals surface area contributed by atoms with Crippen LogP contribution in [0.3, 0.4) is 0 Å². The summed E-state index contributed by atoms with van der Waals surface area (Å²) >= 11 is 2.75. The van der Waals surface area contributed by atoms with Crippen molar-refractivity contribution in [2.45, 2.75) is 4.90 Å². The molecule has 1 heterocycles. The third-order valence-corrected chi connectivity index (χ3v) is 3.55. The first-order valence-electron chi connectivity index (χ1n) is 4.85. The average molecular weight is 266 g/mol. The van der Waals surface area contributed by atoms with E-state index in [0.29, 0.717) is 10.9 Å². The van der Waals surface area contributed by atoms with Crippen LogP contribution in [0.1, 0.15) is 0 Å². The average Bonchev–Trinajstić information content (AvgIpc) is 2.79. The minimum atomic E-state index is -0.103. The molecule has 17 heavy (non-hydrogen) atoms. The number of carbonyl (C=O) groups excluding carboxylic acids is 1. The van der Waals surface area contributed by atoms with Gasteiger partial charge < -0.3 is 10.4 Å². The van der Waals surface area contributed by atoms with Crippen molar-refractivity contribution in [2.24, 2.45) is 0 Å². The molecule has 2 N–H and O–H groups in total. The van der Waals surface area contributed by atoms with Crippen LogP contribution in [0, 0.1) is 0 Å². The zero-order chi connectivity index (χ0) is 12.1. The predicted molar refractivity (Wildman–Crippen MR) is 69.6 cm³/mol. The Balaban J connectivity index is 1.84. The van der Waals surface area contributed by atoms with Crippen molar-refractivity contribution in [1.82, 2.24) is 4.98 Å². The van der Waals surface area contributed by atoms with Gasteiger partial charge in [0, 0.05) is 16.5 Å². The maximum Gasteiger partial charge on any atom is 0.236 e. The van der Waals surface area contributed by atoms with E-state index in [9.17, 15) is 9.90 Å². The number of carbonyl (C=O) groups is 1. The van der Waals surface area contributed by atoms with Gasteiger partial charge in [-0.2, -0.15) is 0 Å². The number of aromatic nitrogens is 1. The fourth-order valence-electron chi connectivity index (χ4n) is 1.16. The first-order valence-corrected chi connectivity index (χ1v) is 6.72. The van der Waals surface area contributed by atoms with Crippen molar-refractivity contribution in [3.63, 3.8) is 0 Å². The number of hydrogen-bond acceptors (Lipinski definition) is 5. The summed E-state index contributed by atoms with van der Waals surface area (Å²) in [6.07, 6.45) is 1.64. The molecular weight excluding hydrogens is 256 g/mol. The van der Waals surface area contributed by atoms with Crippen LogP contribution in [0.15, 0.2) is 40.7 Å². The van der Waals surface area contributed by atoms with Crippen LogP contribution in [0.2, 0.25) is 0 Å². The van der Waals surface area contributed by atoms with Crippen molar-refractivity contribution in [2.75, 3.05) is 11.1 Å². The number of thioether (sulfide) groups is 1. The van der Waals surface area contributed by atoms with Crippen LogP contribution in [-0.2, 0) is 4.79 Å². The lowest BCUT2D eigenvalue weighted by Crippen LogP contribution is -2.13. The first kappa shape index (κ1) is 11.9. The molecule has 0 atom stereocenters. The topological polar surface area (TPSA) is 62.2 Å². The molecule has 0 aliphatic rings. The molecule has 2 rings (SSSR count). The monoisotopic (exact) mass is 266 g/mol. The molecule has 1 aromatic carbocycles. The minimum Gasteiger partial charge on any atom is -0.508 e. The van der Waals surface area contributed by atoms with Crippen molar-refractivity contribution in [3.8, 4) is 5.75 Å². The number of phenols is 1. The molecule has 4 nitrogen and oxygen atoms in total. The molecule has 0 unspecified atom stereocenters. The van der Waals surface area contributed by atoms with E-state index in [-0.39, 0.29) is 11.7 Å². The van der Waals surface area contributed by atoms with Crippen molar-refractivity contribution < 1.29 is 9.90 Å². The Bertz CT molecular complexity index is 500. The first-order chi connectivity index (χ1) is 8.24. The van der Waals surface area contributed by atoms with Crippen LogP contribution in [0.5, 0.6) is 5.75 Å². The van der Waals surface area contributed by atoms with Gasteiger partial charge in [-0.05, 0) is 18.2 Å². The summed E-state index contributed by atoms with van der Waals surface area (Å²) in [4.78, 5) is 16.4. The predicted octanol–water partition coefficient (Wildman–Crippen LogP) is 2.58. The molecule has 0 saturated carbocycles. The Morgan fingerprint density at radius 2 is 2.41 bits per heavy atom. The third kappa shape index (κ3) is 3.76. The molecule has 1 aromatic heterocycles. The van der Waals surface area contributed by atoms with E-state index in [1.165, 1.54) is 23.1 Å². The number of anilines is 1. The van der Waals surface area contributed by atoms with Crippen LogP contribution < -0.4 is 5.32 Å². The molecular formula is C11H10N2O2S2. The zero-order valence-corrected chi connectivity index (χ0v) is 10.4. The summed E-state index contributed by atoms with van der Waals surface area (Å²) < 4.78 is 0. The summed E-state index contributed by atoms with van der Waals surface area (Å²) in [5.74, 6) is 0.395. The Labute approximate surface area is 107 Å². The fraction of sp³-hybridized carbons (Fsp3) is 0.0909. The maximum absolute atomic E-state index is 11.5. The van der Waals surface area contributed by atoms with Crippen LogP contribution in [0.4, 0.5) is 5.13 Å². The number of nitrogens with zero attached hydrogens (tertiary/aromatic N) is 1. The molecule has 1 amide bonds. The lowest BCUT2D eigenvalue weighted by atomic mass is 10.3. The van der Waals surface area contributed by atoms with Gasteiger partial charge >= 0.3 is 0 Å². The second kappa shape index (κ2) is 5.70. The van der Waals surface area contributed by atoms with Crippen molar-refractivity contribution in [3.05, 3.63) is 35.8 Å². The summed E-state index contributed by atoms with van der Waals surface area (Å²) in [6, 6.07) is 6.82. The molecule has 0 aliphatic carbocycles. The summed E-state index contributed by atoms with van der Waals surface area (Å²) in [5, 5.41) is 14.4. The van der Waals surface area contributed by atoms with Crippen molar-refractivity contribution in [1.29, 1.82) is 0 Å². The Morgan fingerprint density at radius 1 is 1.53 bits per heavy atom. The number of nitrogens with one attached hydrogen (secondary N) is 1. The number of rotatable bonds is 4. The van der Waals surface area contributed by atoms with E-state index in [2.05, 4.69) is 10.3 Å². The van der Waals surface area contributed by atoms with Gasteiger partial charge in [0.2, 0.25) is 5.91 Å².